The molecule has 0 aliphatic carbocycles. The Morgan fingerprint density at radius 3 is 2.58 bits per heavy atom. The fourth-order valence-corrected chi connectivity index (χ4v) is 2.39. The molecule has 0 aromatic heterocycles. The van der Waals surface area contributed by atoms with Crippen molar-refractivity contribution in [2.24, 2.45) is 0 Å². The van der Waals surface area contributed by atoms with Crippen LogP contribution in [0.5, 0.6) is 5.75 Å². The van der Waals surface area contributed by atoms with Crippen LogP contribution in [0.4, 0.5) is 0 Å². The number of nitrogens with one attached hydrogen (secondary N) is 1. The Morgan fingerprint density at radius 2 is 1.89 bits per heavy atom. The van der Waals surface area contributed by atoms with Gasteiger partial charge in [-0.25, -0.2) is 0 Å². The van der Waals surface area contributed by atoms with E-state index >= 15 is 0 Å². The molecule has 0 aliphatic rings. The van der Waals surface area contributed by atoms with Gasteiger partial charge in [0.2, 0.25) is 0 Å². The molecule has 0 heterocycles. The summed E-state index contributed by atoms with van der Waals surface area (Å²) in [5.41, 5.74) is 2.20. The summed E-state index contributed by atoms with van der Waals surface area (Å²) in [6, 6.07) is 14.1. The average Bonchev–Trinajstić information content (AvgIpc) is 2.40. The van der Waals surface area contributed by atoms with Gasteiger partial charge in [-0.1, -0.05) is 35.9 Å². The monoisotopic (exact) mass is 387 g/mol. The Bertz CT molecular complexity index is 542. The normalized spacial score (nSPS) is 10.5. The third kappa shape index (κ3) is 4.09. The highest BCUT2D eigenvalue weighted by Crippen LogP contribution is 2.29. The Morgan fingerprint density at radius 1 is 1.16 bits per heavy atom. The van der Waals surface area contributed by atoms with Crippen molar-refractivity contribution in [2.75, 3.05) is 7.05 Å². The lowest BCUT2D eigenvalue weighted by molar-refractivity contribution is 0.302. The van der Waals surface area contributed by atoms with Crippen LogP contribution in [0.2, 0.25) is 5.02 Å². The fourth-order valence-electron chi connectivity index (χ4n) is 1.78. The minimum atomic E-state index is 0.525. The second-order valence-corrected chi connectivity index (χ2v) is 5.83. The van der Waals surface area contributed by atoms with Gasteiger partial charge in [0.15, 0.2) is 0 Å². The molecule has 1 N–H and O–H groups in total. The summed E-state index contributed by atoms with van der Waals surface area (Å²) in [5, 5.41) is 3.77. The molecular formula is C15H15ClINO. The zero-order chi connectivity index (χ0) is 13.7. The van der Waals surface area contributed by atoms with E-state index in [0.29, 0.717) is 11.6 Å². The zero-order valence-electron chi connectivity index (χ0n) is 10.6. The fraction of sp³-hybridized carbons (Fsp3) is 0.200. The van der Waals surface area contributed by atoms with Crippen LogP contribution in [0.25, 0.3) is 0 Å². The minimum absolute atomic E-state index is 0.525. The molecule has 2 aromatic carbocycles. The Hall–Kier alpha value is -0.780. The molecule has 0 saturated heterocycles. The largest absolute Gasteiger partial charge is 0.487 e. The van der Waals surface area contributed by atoms with Gasteiger partial charge >= 0.3 is 0 Å². The first-order valence-corrected chi connectivity index (χ1v) is 7.45. The van der Waals surface area contributed by atoms with Crippen molar-refractivity contribution in [2.45, 2.75) is 13.2 Å². The standard InChI is InChI=1S/C15H15ClINO/c1-18-9-12-3-2-4-14(16)15(12)19-10-11-5-7-13(17)8-6-11/h2-8,18H,9-10H2,1H3. The van der Waals surface area contributed by atoms with E-state index < -0.39 is 0 Å². The summed E-state index contributed by atoms with van der Waals surface area (Å²) in [4.78, 5) is 0. The SMILES string of the molecule is CNCc1cccc(Cl)c1OCc1ccc(I)cc1. The van der Waals surface area contributed by atoms with Crippen molar-refractivity contribution in [1.82, 2.24) is 5.32 Å². The number of halogens is 2. The second kappa shape index (κ2) is 7.12. The Kier molecular flexibility index (Phi) is 5.48. The first-order valence-electron chi connectivity index (χ1n) is 6.00. The highest BCUT2D eigenvalue weighted by molar-refractivity contribution is 14.1. The van der Waals surface area contributed by atoms with Gasteiger partial charge in [0, 0.05) is 15.7 Å². The number of rotatable bonds is 5. The third-order valence-electron chi connectivity index (χ3n) is 2.71. The van der Waals surface area contributed by atoms with Crippen LogP contribution in [0, 0.1) is 3.57 Å². The minimum Gasteiger partial charge on any atom is -0.487 e. The topological polar surface area (TPSA) is 21.3 Å². The molecule has 0 aliphatic heterocycles. The number of benzene rings is 2. The predicted octanol–water partition coefficient (Wildman–Crippen LogP) is 4.24. The molecule has 0 radical (unpaired) electrons. The van der Waals surface area contributed by atoms with Crippen molar-refractivity contribution < 1.29 is 4.74 Å². The highest BCUT2D eigenvalue weighted by Gasteiger charge is 2.08. The summed E-state index contributed by atoms with van der Waals surface area (Å²) in [7, 11) is 1.91. The number of para-hydroxylation sites is 1. The van der Waals surface area contributed by atoms with Crippen LogP contribution in [-0.4, -0.2) is 7.05 Å². The van der Waals surface area contributed by atoms with Gasteiger partial charge in [0.05, 0.1) is 5.02 Å². The second-order valence-electron chi connectivity index (χ2n) is 4.17. The van der Waals surface area contributed by atoms with Crippen molar-refractivity contribution >= 4 is 34.2 Å². The van der Waals surface area contributed by atoms with Gasteiger partial charge in [-0.2, -0.15) is 0 Å². The first kappa shape index (κ1) is 14.6. The van der Waals surface area contributed by atoms with Crippen LogP contribution in [-0.2, 0) is 13.2 Å². The number of hydrogen-bond donors (Lipinski definition) is 1. The highest BCUT2D eigenvalue weighted by atomic mass is 127. The molecule has 0 unspecified atom stereocenters. The van der Waals surface area contributed by atoms with E-state index in [4.69, 9.17) is 16.3 Å². The Labute approximate surface area is 132 Å². The summed E-state index contributed by atoms with van der Waals surface area (Å²) in [6.45, 7) is 1.26. The van der Waals surface area contributed by atoms with E-state index in [-0.39, 0.29) is 0 Å². The molecule has 0 amide bonds. The number of ether oxygens (including phenoxy) is 1. The maximum atomic E-state index is 6.20. The van der Waals surface area contributed by atoms with E-state index in [1.54, 1.807) is 0 Å². The van der Waals surface area contributed by atoms with Crippen LogP contribution in [0.15, 0.2) is 42.5 Å². The predicted molar refractivity (Wildman–Crippen MR) is 87.7 cm³/mol. The summed E-state index contributed by atoms with van der Waals surface area (Å²) in [6.07, 6.45) is 0. The van der Waals surface area contributed by atoms with Crippen LogP contribution >= 0.6 is 34.2 Å². The molecule has 0 fully saturated rings. The summed E-state index contributed by atoms with van der Waals surface area (Å²) < 4.78 is 7.09. The van der Waals surface area contributed by atoms with Crippen molar-refractivity contribution in [3.05, 3.63) is 62.2 Å². The lowest BCUT2D eigenvalue weighted by Crippen LogP contribution is -2.08. The summed E-state index contributed by atoms with van der Waals surface area (Å²) >= 11 is 8.49. The molecular weight excluding hydrogens is 373 g/mol. The molecule has 2 rings (SSSR count). The first-order chi connectivity index (χ1) is 9.20. The molecule has 100 valence electrons. The van der Waals surface area contributed by atoms with E-state index in [9.17, 15) is 0 Å². The van der Waals surface area contributed by atoms with Crippen LogP contribution in [0.3, 0.4) is 0 Å². The van der Waals surface area contributed by atoms with Gasteiger partial charge in [-0.3, -0.25) is 0 Å². The maximum Gasteiger partial charge on any atom is 0.142 e. The van der Waals surface area contributed by atoms with Gasteiger partial charge in [0.1, 0.15) is 12.4 Å². The van der Waals surface area contributed by atoms with E-state index in [1.807, 2.05) is 25.2 Å². The van der Waals surface area contributed by atoms with Gasteiger partial charge in [-0.15, -0.1) is 0 Å². The zero-order valence-corrected chi connectivity index (χ0v) is 13.5. The van der Waals surface area contributed by atoms with E-state index in [0.717, 1.165) is 23.4 Å². The molecule has 19 heavy (non-hydrogen) atoms. The number of hydrogen-bond acceptors (Lipinski definition) is 2. The lowest BCUT2D eigenvalue weighted by Gasteiger charge is -2.13. The van der Waals surface area contributed by atoms with Gasteiger partial charge in [0.25, 0.3) is 0 Å². The average molecular weight is 388 g/mol. The molecule has 0 bridgehead atoms. The molecule has 0 spiro atoms. The molecule has 4 heteroatoms. The Balaban J connectivity index is 2.12. The third-order valence-corrected chi connectivity index (χ3v) is 3.73. The van der Waals surface area contributed by atoms with Crippen LogP contribution < -0.4 is 10.1 Å². The van der Waals surface area contributed by atoms with E-state index in [1.165, 1.54) is 3.57 Å². The molecule has 0 saturated carbocycles. The smallest absolute Gasteiger partial charge is 0.142 e. The molecule has 0 atom stereocenters. The molecule has 2 aromatic rings. The lowest BCUT2D eigenvalue weighted by atomic mass is 10.2. The van der Waals surface area contributed by atoms with Gasteiger partial charge in [-0.05, 0) is 53.4 Å². The van der Waals surface area contributed by atoms with Gasteiger partial charge < -0.3 is 10.1 Å². The maximum absolute atomic E-state index is 6.20. The van der Waals surface area contributed by atoms with Crippen molar-refractivity contribution in [3.8, 4) is 5.75 Å². The van der Waals surface area contributed by atoms with Crippen molar-refractivity contribution in [1.29, 1.82) is 0 Å². The quantitative estimate of drug-likeness (QED) is 0.775. The molecule has 2 nitrogen and oxygen atoms in total. The van der Waals surface area contributed by atoms with E-state index in [2.05, 4.69) is 52.2 Å². The summed E-state index contributed by atoms with van der Waals surface area (Å²) in [5.74, 6) is 0.761. The van der Waals surface area contributed by atoms with Crippen LogP contribution in [0.1, 0.15) is 11.1 Å². The van der Waals surface area contributed by atoms with Crippen molar-refractivity contribution in [3.63, 3.8) is 0 Å².